The molecule has 0 unspecified atom stereocenters. The fraction of sp³-hybridized carbons (Fsp3) is 0.167. The lowest BCUT2D eigenvalue weighted by Gasteiger charge is -2.16. The number of nitrogens with zero attached hydrogens (tertiary/aromatic N) is 2. The van der Waals surface area contributed by atoms with Crippen LogP contribution in [0.5, 0.6) is 0 Å². The number of amides is 1. The van der Waals surface area contributed by atoms with Crippen LogP contribution < -0.4 is 10.9 Å². The monoisotopic (exact) mass is 390 g/mol. The summed E-state index contributed by atoms with van der Waals surface area (Å²) in [6.45, 7) is 0.450. The number of benzene rings is 2. The van der Waals surface area contributed by atoms with E-state index in [1.807, 2.05) is 0 Å². The summed E-state index contributed by atoms with van der Waals surface area (Å²) in [5.74, 6) is 0.285. The number of halogens is 2. The molecule has 3 aromatic rings. The molecule has 1 amide bonds. The maximum atomic E-state index is 12.1. The highest BCUT2D eigenvalue weighted by Gasteiger charge is 2.11. The van der Waals surface area contributed by atoms with Gasteiger partial charge >= 0.3 is 0 Å². The van der Waals surface area contributed by atoms with Crippen molar-refractivity contribution in [3.63, 3.8) is 0 Å². The van der Waals surface area contributed by atoms with E-state index in [-0.39, 0.29) is 18.0 Å². The van der Waals surface area contributed by atoms with Crippen molar-refractivity contribution in [1.29, 1.82) is 0 Å². The van der Waals surface area contributed by atoms with Gasteiger partial charge in [0.2, 0.25) is 5.91 Å². The van der Waals surface area contributed by atoms with Gasteiger partial charge in [0.05, 0.1) is 24.0 Å². The second-order valence-corrected chi connectivity index (χ2v) is 6.77. The Bertz CT molecular complexity index is 1000. The molecule has 0 aliphatic carbocycles. The van der Waals surface area contributed by atoms with Gasteiger partial charge < -0.3 is 10.3 Å². The Labute approximate surface area is 159 Å². The number of carbonyl (C=O) groups is 1. The Kier molecular flexibility index (Phi) is 5.56. The fourth-order valence-corrected chi connectivity index (χ4v) is 2.82. The summed E-state index contributed by atoms with van der Waals surface area (Å²) in [6, 6.07) is 11.8. The zero-order valence-corrected chi connectivity index (χ0v) is 15.4. The maximum absolute atomic E-state index is 12.1. The molecule has 0 bridgehead atoms. The van der Waals surface area contributed by atoms with Gasteiger partial charge in [-0.1, -0.05) is 23.2 Å². The number of likely N-dealkylation sites (N-methyl/N-ethyl adjacent to an activating group) is 1. The first-order chi connectivity index (χ1) is 12.4. The molecule has 1 heterocycles. The average Bonchev–Trinajstić information content (AvgIpc) is 2.56. The quantitative estimate of drug-likeness (QED) is 0.700. The molecule has 0 spiro atoms. The van der Waals surface area contributed by atoms with Crippen LogP contribution in [0.25, 0.3) is 10.9 Å². The number of hydrogen-bond donors (Lipinski definition) is 2. The van der Waals surface area contributed by atoms with Gasteiger partial charge in [-0.05, 0) is 49.5 Å². The van der Waals surface area contributed by atoms with E-state index in [1.165, 1.54) is 0 Å². The first-order valence-electron chi connectivity index (χ1n) is 7.83. The maximum Gasteiger partial charge on any atom is 0.258 e. The van der Waals surface area contributed by atoms with E-state index >= 15 is 0 Å². The van der Waals surface area contributed by atoms with E-state index in [9.17, 15) is 9.59 Å². The van der Waals surface area contributed by atoms with Crippen LogP contribution in [0.1, 0.15) is 5.82 Å². The number of nitrogens with one attached hydrogen (secondary N) is 2. The standard InChI is InChI=1S/C18H16Cl2N4O2/c1-24(10-17(25)21-13-5-2-11(19)3-6-13)9-16-22-15-8-12(20)4-7-14(15)18(26)23-16/h2-8H,9-10H2,1H3,(H,21,25)(H,22,23,26). The van der Waals surface area contributed by atoms with Gasteiger partial charge in [-0.2, -0.15) is 0 Å². The van der Waals surface area contributed by atoms with Crippen LogP contribution >= 0.6 is 23.2 Å². The zero-order valence-electron chi connectivity index (χ0n) is 13.9. The number of rotatable bonds is 5. The molecule has 2 N–H and O–H groups in total. The number of H-pyrrole nitrogens is 1. The Morgan fingerprint density at radius 2 is 1.85 bits per heavy atom. The van der Waals surface area contributed by atoms with Crippen LogP contribution in [0.15, 0.2) is 47.3 Å². The van der Waals surface area contributed by atoms with E-state index in [0.717, 1.165) is 0 Å². The van der Waals surface area contributed by atoms with Crippen LogP contribution in [-0.4, -0.2) is 34.4 Å². The van der Waals surface area contributed by atoms with Crippen molar-refractivity contribution in [2.75, 3.05) is 18.9 Å². The number of aromatic nitrogens is 2. The third-order valence-corrected chi connectivity index (χ3v) is 4.17. The molecule has 0 atom stereocenters. The van der Waals surface area contributed by atoms with Gasteiger partial charge in [-0.15, -0.1) is 0 Å². The predicted octanol–water partition coefficient (Wildman–Crippen LogP) is 3.30. The molecule has 2 aromatic carbocycles. The van der Waals surface area contributed by atoms with Crippen molar-refractivity contribution in [3.05, 3.63) is 68.7 Å². The van der Waals surface area contributed by atoms with E-state index in [1.54, 1.807) is 54.4 Å². The normalized spacial score (nSPS) is 11.1. The third kappa shape index (κ3) is 4.60. The minimum Gasteiger partial charge on any atom is -0.325 e. The lowest BCUT2D eigenvalue weighted by atomic mass is 10.2. The summed E-state index contributed by atoms with van der Waals surface area (Å²) in [7, 11) is 1.77. The first kappa shape index (κ1) is 18.4. The molecule has 6 nitrogen and oxygen atoms in total. The molecule has 0 aliphatic heterocycles. The Morgan fingerprint density at radius 3 is 2.58 bits per heavy atom. The molecule has 0 saturated heterocycles. The molecule has 0 aliphatic rings. The Hall–Kier alpha value is -2.41. The van der Waals surface area contributed by atoms with Crippen molar-refractivity contribution >= 4 is 45.7 Å². The highest BCUT2D eigenvalue weighted by Crippen LogP contribution is 2.15. The van der Waals surface area contributed by atoms with Gasteiger partial charge in [0.1, 0.15) is 5.82 Å². The van der Waals surface area contributed by atoms with Gasteiger partial charge in [0, 0.05) is 15.7 Å². The molecule has 8 heteroatoms. The van der Waals surface area contributed by atoms with Gasteiger partial charge in [0.15, 0.2) is 0 Å². The zero-order chi connectivity index (χ0) is 18.7. The van der Waals surface area contributed by atoms with E-state index < -0.39 is 0 Å². The van der Waals surface area contributed by atoms with Crippen molar-refractivity contribution in [1.82, 2.24) is 14.9 Å². The second-order valence-electron chi connectivity index (χ2n) is 5.90. The van der Waals surface area contributed by atoms with Crippen LogP contribution in [-0.2, 0) is 11.3 Å². The highest BCUT2D eigenvalue weighted by molar-refractivity contribution is 6.31. The minimum atomic E-state index is -0.235. The Morgan fingerprint density at radius 1 is 1.15 bits per heavy atom. The molecule has 0 saturated carbocycles. The molecule has 0 radical (unpaired) electrons. The SMILES string of the molecule is CN(CC(=O)Nc1ccc(Cl)cc1)Cc1nc2cc(Cl)ccc2c(=O)[nH]1. The van der Waals surface area contributed by atoms with Crippen LogP contribution in [0.4, 0.5) is 5.69 Å². The molecule has 0 fully saturated rings. The van der Waals surface area contributed by atoms with Crippen molar-refractivity contribution < 1.29 is 4.79 Å². The molecule has 3 rings (SSSR count). The number of aromatic amines is 1. The van der Waals surface area contributed by atoms with E-state index in [2.05, 4.69) is 15.3 Å². The van der Waals surface area contributed by atoms with Gasteiger partial charge in [-0.3, -0.25) is 14.5 Å². The molecular weight excluding hydrogens is 375 g/mol. The number of hydrogen-bond acceptors (Lipinski definition) is 4. The summed E-state index contributed by atoms with van der Waals surface area (Å²) in [5, 5.41) is 4.37. The Balaban J connectivity index is 1.66. The van der Waals surface area contributed by atoms with Gasteiger partial charge in [-0.25, -0.2) is 4.98 Å². The average molecular weight is 391 g/mol. The summed E-state index contributed by atoms with van der Waals surface area (Å²) < 4.78 is 0. The number of fused-ring (bicyclic) bond motifs is 1. The van der Waals surface area contributed by atoms with Crippen LogP contribution in [0, 0.1) is 0 Å². The summed E-state index contributed by atoms with van der Waals surface area (Å²) >= 11 is 11.8. The highest BCUT2D eigenvalue weighted by atomic mass is 35.5. The molecular formula is C18H16Cl2N4O2. The topological polar surface area (TPSA) is 78.1 Å². The molecule has 26 heavy (non-hydrogen) atoms. The van der Waals surface area contributed by atoms with Crippen LogP contribution in [0.2, 0.25) is 10.0 Å². The summed E-state index contributed by atoms with van der Waals surface area (Å²) in [4.78, 5) is 33.2. The lowest BCUT2D eigenvalue weighted by Crippen LogP contribution is -2.31. The summed E-state index contributed by atoms with van der Waals surface area (Å²) in [5.41, 5.74) is 0.954. The van der Waals surface area contributed by atoms with Crippen molar-refractivity contribution in [2.45, 2.75) is 6.54 Å². The van der Waals surface area contributed by atoms with E-state index in [4.69, 9.17) is 23.2 Å². The second kappa shape index (κ2) is 7.86. The van der Waals surface area contributed by atoms with Crippen molar-refractivity contribution in [2.24, 2.45) is 0 Å². The third-order valence-electron chi connectivity index (χ3n) is 3.68. The summed E-state index contributed by atoms with van der Waals surface area (Å²) in [6.07, 6.45) is 0. The molecule has 134 valence electrons. The molecule has 1 aromatic heterocycles. The van der Waals surface area contributed by atoms with E-state index in [0.29, 0.717) is 39.0 Å². The fourth-order valence-electron chi connectivity index (χ4n) is 2.53. The minimum absolute atomic E-state index is 0.139. The number of anilines is 1. The van der Waals surface area contributed by atoms with Gasteiger partial charge in [0.25, 0.3) is 5.56 Å². The van der Waals surface area contributed by atoms with Crippen LogP contribution in [0.3, 0.4) is 0 Å². The first-order valence-corrected chi connectivity index (χ1v) is 8.59. The number of carbonyl (C=O) groups excluding carboxylic acids is 1. The largest absolute Gasteiger partial charge is 0.325 e. The predicted molar refractivity (Wildman–Crippen MR) is 104 cm³/mol. The van der Waals surface area contributed by atoms with Crippen molar-refractivity contribution in [3.8, 4) is 0 Å². The smallest absolute Gasteiger partial charge is 0.258 e. The lowest BCUT2D eigenvalue weighted by molar-refractivity contribution is -0.117.